The number of esters is 1. The lowest BCUT2D eigenvalue weighted by atomic mass is 9.99. The predicted molar refractivity (Wildman–Crippen MR) is 87.2 cm³/mol. The van der Waals surface area contributed by atoms with Gasteiger partial charge in [0.15, 0.2) is 0 Å². The molecule has 1 aromatic rings. The van der Waals surface area contributed by atoms with Crippen molar-refractivity contribution >= 4 is 28.6 Å². The van der Waals surface area contributed by atoms with Crippen LogP contribution >= 0.6 is 22.6 Å². The summed E-state index contributed by atoms with van der Waals surface area (Å²) in [6, 6.07) is 9.62. The zero-order valence-corrected chi connectivity index (χ0v) is 13.5. The Morgan fingerprint density at radius 2 is 2.05 bits per heavy atom. The summed E-state index contributed by atoms with van der Waals surface area (Å²) in [5, 5.41) is 0. The molecule has 0 aliphatic heterocycles. The monoisotopic (exact) mass is 370 g/mol. The van der Waals surface area contributed by atoms with Gasteiger partial charge in [-0.2, -0.15) is 0 Å². The number of hydrogen-bond acceptors (Lipinski definition) is 2. The Morgan fingerprint density at radius 1 is 1.42 bits per heavy atom. The molecule has 0 N–H and O–H groups in total. The van der Waals surface area contributed by atoms with Crippen molar-refractivity contribution in [2.24, 2.45) is 5.92 Å². The van der Waals surface area contributed by atoms with Crippen LogP contribution in [0.25, 0.3) is 0 Å². The van der Waals surface area contributed by atoms with Gasteiger partial charge in [0, 0.05) is 5.92 Å². The average molecular weight is 370 g/mol. The van der Waals surface area contributed by atoms with Crippen LogP contribution in [0.4, 0.5) is 0 Å². The Labute approximate surface area is 128 Å². The molecule has 2 nitrogen and oxygen atoms in total. The summed E-state index contributed by atoms with van der Waals surface area (Å²) in [6.07, 6.45) is 1.88. The van der Waals surface area contributed by atoms with Crippen LogP contribution in [-0.2, 0) is 16.0 Å². The van der Waals surface area contributed by atoms with Gasteiger partial charge in [0.1, 0.15) is 6.10 Å². The molecule has 0 bridgehead atoms. The van der Waals surface area contributed by atoms with Crippen molar-refractivity contribution in [1.29, 1.82) is 0 Å². The van der Waals surface area contributed by atoms with E-state index in [0.29, 0.717) is 6.42 Å². The molecule has 0 aromatic heterocycles. The van der Waals surface area contributed by atoms with Crippen molar-refractivity contribution in [1.82, 2.24) is 0 Å². The third-order valence-corrected chi connectivity index (χ3v) is 3.90. The lowest BCUT2D eigenvalue weighted by Gasteiger charge is -2.22. The summed E-state index contributed by atoms with van der Waals surface area (Å²) >= 11 is 2.16. The van der Waals surface area contributed by atoms with Gasteiger partial charge in [-0.25, -0.2) is 0 Å². The SMILES string of the molecule is C=C[C@@H](C)[C@@H](OC(=O)Cc1ccccc1)/C(C)=C/I. The van der Waals surface area contributed by atoms with E-state index in [1.54, 1.807) is 0 Å². The van der Waals surface area contributed by atoms with Crippen molar-refractivity contribution in [2.45, 2.75) is 26.4 Å². The zero-order chi connectivity index (χ0) is 14.3. The first-order chi connectivity index (χ1) is 9.08. The highest BCUT2D eigenvalue weighted by Gasteiger charge is 2.21. The van der Waals surface area contributed by atoms with Gasteiger partial charge >= 0.3 is 5.97 Å². The number of halogens is 1. The van der Waals surface area contributed by atoms with Crippen molar-refractivity contribution < 1.29 is 9.53 Å². The van der Waals surface area contributed by atoms with Crippen LogP contribution in [0.2, 0.25) is 0 Å². The highest BCUT2D eigenvalue weighted by atomic mass is 127. The molecule has 1 aromatic carbocycles. The highest BCUT2D eigenvalue weighted by Crippen LogP contribution is 2.19. The Kier molecular flexibility index (Phi) is 6.84. The molecule has 102 valence electrons. The normalized spacial score (nSPS) is 14.6. The molecule has 2 atom stereocenters. The number of carbonyl (C=O) groups is 1. The largest absolute Gasteiger partial charge is 0.457 e. The molecule has 1 rings (SSSR count). The van der Waals surface area contributed by atoms with Gasteiger partial charge in [-0.15, -0.1) is 6.58 Å². The summed E-state index contributed by atoms with van der Waals surface area (Å²) < 4.78 is 7.52. The summed E-state index contributed by atoms with van der Waals surface area (Å²) in [7, 11) is 0. The zero-order valence-electron chi connectivity index (χ0n) is 11.3. The first-order valence-electron chi connectivity index (χ1n) is 6.21. The molecular formula is C16H19IO2. The van der Waals surface area contributed by atoms with E-state index in [-0.39, 0.29) is 18.0 Å². The van der Waals surface area contributed by atoms with Gasteiger partial charge < -0.3 is 4.74 Å². The van der Waals surface area contributed by atoms with E-state index in [4.69, 9.17) is 4.74 Å². The van der Waals surface area contributed by atoms with Crippen LogP contribution in [0.15, 0.2) is 52.6 Å². The smallest absolute Gasteiger partial charge is 0.310 e. The quantitative estimate of drug-likeness (QED) is 0.424. The average Bonchev–Trinajstić information content (AvgIpc) is 2.44. The number of rotatable bonds is 6. The molecule has 0 radical (unpaired) electrons. The van der Waals surface area contributed by atoms with Crippen molar-refractivity contribution in [3.05, 3.63) is 58.2 Å². The van der Waals surface area contributed by atoms with Crippen LogP contribution in [0.3, 0.4) is 0 Å². The Balaban J connectivity index is 2.69. The second kappa shape index (κ2) is 8.15. The number of ether oxygens (including phenoxy) is 1. The molecule has 19 heavy (non-hydrogen) atoms. The molecule has 0 amide bonds. The fraction of sp³-hybridized carbons (Fsp3) is 0.312. The lowest BCUT2D eigenvalue weighted by molar-refractivity contribution is -0.147. The summed E-state index contributed by atoms with van der Waals surface area (Å²) in [5.41, 5.74) is 2.00. The van der Waals surface area contributed by atoms with E-state index in [9.17, 15) is 4.79 Å². The Hall–Kier alpha value is -1.10. The standard InChI is InChI=1S/C16H19IO2/c1-4-12(2)16(13(3)11-17)19-15(18)10-14-8-6-5-7-9-14/h4-9,11-12,16H,1,10H2,2-3H3/b13-11+/t12-,16-/m1/s1. The van der Waals surface area contributed by atoms with Gasteiger partial charge in [0.2, 0.25) is 0 Å². The van der Waals surface area contributed by atoms with Gasteiger partial charge in [0.05, 0.1) is 6.42 Å². The van der Waals surface area contributed by atoms with Crippen LogP contribution in [0.1, 0.15) is 19.4 Å². The number of benzene rings is 1. The Morgan fingerprint density at radius 3 is 2.58 bits per heavy atom. The lowest BCUT2D eigenvalue weighted by Crippen LogP contribution is -2.26. The first kappa shape index (κ1) is 16.0. The minimum atomic E-state index is -0.231. The highest BCUT2D eigenvalue weighted by molar-refractivity contribution is 14.1. The minimum Gasteiger partial charge on any atom is -0.457 e. The maximum absolute atomic E-state index is 12.0. The van der Waals surface area contributed by atoms with Crippen molar-refractivity contribution in [3.8, 4) is 0 Å². The molecule has 0 heterocycles. The molecule has 0 spiro atoms. The van der Waals surface area contributed by atoms with E-state index in [2.05, 4.69) is 29.2 Å². The third kappa shape index (κ3) is 5.19. The van der Waals surface area contributed by atoms with Crippen LogP contribution < -0.4 is 0 Å². The third-order valence-electron chi connectivity index (χ3n) is 2.92. The molecule has 0 aliphatic carbocycles. The van der Waals surface area contributed by atoms with Gasteiger partial charge in [-0.3, -0.25) is 4.79 Å². The molecule has 0 saturated heterocycles. The van der Waals surface area contributed by atoms with Gasteiger partial charge in [0.25, 0.3) is 0 Å². The second-order valence-corrected chi connectivity index (χ2v) is 5.14. The number of hydrogen-bond donors (Lipinski definition) is 0. The molecule has 0 aliphatic rings. The minimum absolute atomic E-state index is 0.103. The predicted octanol–water partition coefficient (Wildman–Crippen LogP) is 4.30. The van der Waals surface area contributed by atoms with Crippen molar-refractivity contribution in [2.75, 3.05) is 0 Å². The molecule has 0 saturated carbocycles. The van der Waals surface area contributed by atoms with E-state index >= 15 is 0 Å². The maximum Gasteiger partial charge on any atom is 0.310 e. The molecule has 0 unspecified atom stereocenters. The van der Waals surface area contributed by atoms with Crippen LogP contribution in [0.5, 0.6) is 0 Å². The summed E-state index contributed by atoms with van der Waals surface area (Å²) in [4.78, 5) is 12.0. The fourth-order valence-corrected chi connectivity index (χ4v) is 2.10. The summed E-state index contributed by atoms with van der Waals surface area (Å²) in [5.74, 6) is -0.103. The molecular weight excluding hydrogens is 351 g/mol. The van der Waals surface area contributed by atoms with E-state index < -0.39 is 0 Å². The Bertz CT molecular complexity index is 451. The van der Waals surface area contributed by atoms with E-state index in [0.717, 1.165) is 11.1 Å². The first-order valence-corrected chi connectivity index (χ1v) is 7.46. The summed E-state index contributed by atoms with van der Waals surface area (Å²) in [6.45, 7) is 7.73. The second-order valence-electron chi connectivity index (χ2n) is 4.52. The topological polar surface area (TPSA) is 26.3 Å². The maximum atomic E-state index is 12.0. The molecule has 3 heteroatoms. The van der Waals surface area contributed by atoms with Gasteiger partial charge in [-0.05, 0) is 22.1 Å². The molecule has 0 fully saturated rings. The van der Waals surface area contributed by atoms with Gasteiger partial charge in [-0.1, -0.05) is 65.9 Å². The number of carbonyl (C=O) groups excluding carboxylic acids is 1. The van der Waals surface area contributed by atoms with E-state index in [1.165, 1.54) is 0 Å². The fourth-order valence-electron chi connectivity index (χ4n) is 1.75. The van der Waals surface area contributed by atoms with Crippen LogP contribution in [-0.4, -0.2) is 12.1 Å². The van der Waals surface area contributed by atoms with Crippen molar-refractivity contribution in [3.63, 3.8) is 0 Å². The van der Waals surface area contributed by atoms with Crippen LogP contribution in [0, 0.1) is 5.92 Å². The van der Waals surface area contributed by atoms with E-state index in [1.807, 2.05) is 54.3 Å².